The van der Waals surface area contributed by atoms with Gasteiger partial charge in [0, 0.05) is 31.8 Å². The highest BCUT2D eigenvalue weighted by Gasteiger charge is 2.56. The SMILES string of the molecule is O=S(=O)(c1cccc(F)c1)N1CC2(C1)OCCC2COc1cccnc1. The molecule has 2 saturated heterocycles. The number of hydrogen-bond donors (Lipinski definition) is 0. The van der Waals surface area contributed by atoms with E-state index < -0.39 is 21.4 Å². The van der Waals surface area contributed by atoms with Gasteiger partial charge < -0.3 is 9.47 Å². The van der Waals surface area contributed by atoms with E-state index in [9.17, 15) is 12.8 Å². The zero-order valence-corrected chi connectivity index (χ0v) is 14.9. The zero-order chi connectivity index (χ0) is 18.2. The van der Waals surface area contributed by atoms with Gasteiger partial charge in [-0.05, 0) is 36.8 Å². The van der Waals surface area contributed by atoms with E-state index in [-0.39, 0.29) is 23.9 Å². The van der Waals surface area contributed by atoms with Gasteiger partial charge in [-0.15, -0.1) is 0 Å². The van der Waals surface area contributed by atoms with E-state index in [1.165, 1.54) is 22.5 Å². The highest BCUT2D eigenvalue weighted by Crippen LogP contribution is 2.42. The fourth-order valence-corrected chi connectivity index (χ4v) is 5.08. The molecule has 2 aromatic rings. The number of sulfonamides is 1. The number of pyridine rings is 1. The van der Waals surface area contributed by atoms with Crippen molar-refractivity contribution in [2.45, 2.75) is 16.9 Å². The monoisotopic (exact) mass is 378 g/mol. The summed E-state index contributed by atoms with van der Waals surface area (Å²) in [7, 11) is -3.72. The van der Waals surface area contributed by atoms with Crippen LogP contribution in [0.5, 0.6) is 5.75 Å². The third kappa shape index (κ3) is 3.08. The molecule has 8 heteroatoms. The topological polar surface area (TPSA) is 68.7 Å². The first kappa shape index (κ1) is 17.4. The van der Waals surface area contributed by atoms with E-state index in [4.69, 9.17) is 9.47 Å². The fraction of sp³-hybridized carbons (Fsp3) is 0.389. The number of hydrogen-bond acceptors (Lipinski definition) is 5. The average Bonchev–Trinajstić information content (AvgIpc) is 3.04. The maximum Gasteiger partial charge on any atom is 0.243 e. The summed E-state index contributed by atoms with van der Waals surface area (Å²) >= 11 is 0. The Morgan fingerprint density at radius 1 is 1.31 bits per heavy atom. The molecule has 1 aromatic heterocycles. The smallest absolute Gasteiger partial charge is 0.243 e. The van der Waals surface area contributed by atoms with Crippen molar-refractivity contribution in [3.63, 3.8) is 0 Å². The molecule has 1 atom stereocenters. The van der Waals surface area contributed by atoms with Crippen molar-refractivity contribution >= 4 is 10.0 Å². The molecule has 0 bridgehead atoms. The van der Waals surface area contributed by atoms with E-state index in [2.05, 4.69) is 4.98 Å². The van der Waals surface area contributed by atoms with Crippen molar-refractivity contribution in [3.05, 3.63) is 54.6 Å². The van der Waals surface area contributed by atoms with Crippen molar-refractivity contribution in [2.75, 3.05) is 26.3 Å². The van der Waals surface area contributed by atoms with Gasteiger partial charge in [-0.25, -0.2) is 12.8 Å². The van der Waals surface area contributed by atoms with Crippen molar-refractivity contribution in [1.29, 1.82) is 0 Å². The van der Waals surface area contributed by atoms with Crippen molar-refractivity contribution in [2.24, 2.45) is 5.92 Å². The van der Waals surface area contributed by atoms with E-state index in [1.54, 1.807) is 18.5 Å². The van der Waals surface area contributed by atoms with Gasteiger partial charge in [0.15, 0.2) is 0 Å². The van der Waals surface area contributed by atoms with Gasteiger partial charge >= 0.3 is 0 Å². The maximum atomic E-state index is 13.4. The molecular formula is C18H19FN2O4S. The molecule has 0 saturated carbocycles. The molecule has 1 unspecified atom stereocenters. The second-order valence-electron chi connectivity index (χ2n) is 6.63. The average molecular weight is 378 g/mol. The molecule has 2 fully saturated rings. The molecule has 1 aromatic carbocycles. The zero-order valence-electron chi connectivity index (χ0n) is 14.0. The Hall–Kier alpha value is -2.03. The Morgan fingerprint density at radius 3 is 2.88 bits per heavy atom. The molecule has 0 amide bonds. The quantitative estimate of drug-likeness (QED) is 0.797. The van der Waals surface area contributed by atoms with Crippen LogP contribution in [0.3, 0.4) is 0 Å². The van der Waals surface area contributed by atoms with Gasteiger partial charge in [-0.1, -0.05) is 6.07 Å². The van der Waals surface area contributed by atoms with Gasteiger partial charge in [0.1, 0.15) is 17.2 Å². The lowest BCUT2D eigenvalue weighted by Crippen LogP contribution is -2.66. The summed E-state index contributed by atoms with van der Waals surface area (Å²) in [5.41, 5.74) is -0.525. The van der Waals surface area contributed by atoms with Gasteiger partial charge in [0.2, 0.25) is 10.0 Å². The van der Waals surface area contributed by atoms with Gasteiger partial charge in [0.05, 0.1) is 17.7 Å². The number of ether oxygens (including phenoxy) is 2. The summed E-state index contributed by atoms with van der Waals surface area (Å²) in [6.45, 7) is 1.54. The standard InChI is InChI=1S/C18H19FN2O4S/c19-15-3-1-5-17(9-15)26(22,23)21-12-18(13-21)14(6-8-25-18)11-24-16-4-2-7-20-10-16/h1-5,7,9-10,14H,6,8,11-13H2. The molecule has 2 aliphatic rings. The van der Waals surface area contributed by atoms with Crippen LogP contribution < -0.4 is 4.74 Å². The van der Waals surface area contributed by atoms with Crippen LogP contribution in [0, 0.1) is 11.7 Å². The summed E-state index contributed by atoms with van der Waals surface area (Å²) < 4.78 is 51.7. The number of nitrogens with zero attached hydrogens (tertiary/aromatic N) is 2. The van der Waals surface area contributed by atoms with Crippen LogP contribution in [-0.4, -0.2) is 49.6 Å². The maximum absolute atomic E-state index is 13.4. The summed E-state index contributed by atoms with van der Waals surface area (Å²) in [5.74, 6) is 0.209. The lowest BCUT2D eigenvalue weighted by Gasteiger charge is -2.48. The van der Waals surface area contributed by atoms with E-state index >= 15 is 0 Å². The first-order valence-electron chi connectivity index (χ1n) is 8.42. The second-order valence-corrected chi connectivity index (χ2v) is 8.57. The van der Waals surface area contributed by atoms with Gasteiger partial charge in [-0.2, -0.15) is 4.31 Å². The third-order valence-electron chi connectivity index (χ3n) is 5.01. The lowest BCUT2D eigenvalue weighted by molar-refractivity contribution is -0.107. The molecule has 2 aliphatic heterocycles. The summed E-state index contributed by atoms with van der Waals surface area (Å²) in [5, 5.41) is 0. The molecule has 3 heterocycles. The summed E-state index contributed by atoms with van der Waals surface area (Å²) in [6.07, 6.45) is 4.13. The number of benzene rings is 1. The molecule has 138 valence electrons. The highest BCUT2D eigenvalue weighted by atomic mass is 32.2. The van der Waals surface area contributed by atoms with Crippen LogP contribution in [0.4, 0.5) is 4.39 Å². The van der Waals surface area contributed by atoms with Gasteiger partial charge in [-0.3, -0.25) is 4.98 Å². The fourth-order valence-electron chi connectivity index (χ4n) is 3.50. The van der Waals surface area contributed by atoms with Crippen molar-refractivity contribution in [3.8, 4) is 5.75 Å². The molecule has 0 radical (unpaired) electrons. The Kier molecular flexibility index (Phi) is 4.42. The van der Waals surface area contributed by atoms with Crippen LogP contribution in [0.1, 0.15) is 6.42 Å². The van der Waals surface area contributed by atoms with Crippen LogP contribution in [0.25, 0.3) is 0 Å². The number of halogens is 1. The third-order valence-corrected chi connectivity index (χ3v) is 6.79. The predicted octanol–water partition coefficient (Wildman–Crippen LogP) is 2.08. The predicted molar refractivity (Wildman–Crippen MR) is 91.7 cm³/mol. The minimum Gasteiger partial charge on any atom is -0.492 e. The number of aromatic nitrogens is 1. The molecule has 0 N–H and O–H groups in total. The normalized spacial score (nSPS) is 22.3. The van der Waals surface area contributed by atoms with Crippen LogP contribution >= 0.6 is 0 Å². The van der Waals surface area contributed by atoms with E-state index in [0.29, 0.717) is 19.0 Å². The second kappa shape index (κ2) is 6.61. The van der Waals surface area contributed by atoms with Crippen LogP contribution in [-0.2, 0) is 14.8 Å². The summed E-state index contributed by atoms with van der Waals surface area (Å²) in [4.78, 5) is 3.98. The molecule has 4 rings (SSSR count). The Bertz CT molecular complexity index is 885. The van der Waals surface area contributed by atoms with Crippen LogP contribution in [0.2, 0.25) is 0 Å². The Morgan fingerprint density at radius 2 is 2.15 bits per heavy atom. The lowest BCUT2D eigenvalue weighted by atomic mass is 9.83. The molecule has 1 spiro atoms. The summed E-state index contributed by atoms with van der Waals surface area (Å²) in [6, 6.07) is 8.70. The minimum atomic E-state index is -3.72. The molecule has 26 heavy (non-hydrogen) atoms. The van der Waals surface area contributed by atoms with Crippen LogP contribution in [0.15, 0.2) is 53.7 Å². The van der Waals surface area contributed by atoms with Crippen molar-refractivity contribution < 1.29 is 22.3 Å². The Balaban J connectivity index is 1.43. The minimum absolute atomic E-state index is 0.0338. The highest BCUT2D eigenvalue weighted by molar-refractivity contribution is 7.89. The van der Waals surface area contributed by atoms with Crippen molar-refractivity contribution in [1.82, 2.24) is 9.29 Å². The largest absolute Gasteiger partial charge is 0.492 e. The number of rotatable bonds is 5. The first-order valence-corrected chi connectivity index (χ1v) is 9.86. The molecule has 0 aliphatic carbocycles. The van der Waals surface area contributed by atoms with Gasteiger partial charge in [0.25, 0.3) is 0 Å². The first-order chi connectivity index (χ1) is 12.5. The Labute approximate surface area is 151 Å². The van der Waals surface area contributed by atoms with E-state index in [1.807, 2.05) is 6.07 Å². The molecular weight excluding hydrogens is 359 g/mol. The van der Waals surface area contributed by atoms with E-state index in [0.717, 1.165) is 12.5 Å². The molecule has 6 nitrogen and oxygen atoms in total.